The van der Waals surface area contributed by atoms with Gasteiger partial charge in [0.05, 0.1) is 11.0 Å². The third kappa shape index (κ3) is 4.07. The van der Waals surface area contributed by atoms with Crippen LogP contribution in [0.4, 0.5) is 0 Å². The highest BCUT2D eigenvalue weighted by Crippen LogP contribution is 2.17. The topological polar surface area (TPSA) is 46.9 Å². The molecule has 0 atom stereocenters. The van der Waals surface area contributed by atoms with Crippen molar-refractivity contribution < 1.29 is 4.79 Å². The third-order valence-corrected chi connectivity index (χ3v) is 3.61. The van der Waals surface area contributed by atoms with Gasteiger partial charge < -0.3 is 9.88 Å². The van der Waals surface area contributed by atoms with E-state index in [0.29, 0.717) is 6.54 Å². The minimum atomic E-state index is -0.104. The minimum absolute atomic E-state index is 0.104. The number of nitrogens with zero attached hydrogens (tertiary/aromatic N) is 2. The number of hydrogen-bond acceptors (Lipinski definition) is 2. The summed E-state index contributed by atoms with van der Waals surface area (Å²) >= 11 is 0. The van der Waals surface area contributed by atoms with Crippen LogP contribution in [0.2, 0.25) is 0 Å². The van der Waals surface area contributed by atoms with Crippen molar-refractivity contribution in [2.75, 3.05) is 6.54 Å². The van der Waals surface area contributed by atoms with Crippen LogP contribution in [0.15, 0.2) is 49.6 Å². The van der Waals surface area contributed by atoms with Crippen molar-refractivity contribution in [1.82, 2.24) is 14.9 Å². The molecule has 2 aromatic rings. The highest BCUT2D eigenvalue weighted by molar-refractivity contribution is 5.86. The van der Waals surface area contributed by atoms with Crippen molar-refractivity contribution >= 4 is 16.9 Å². The van der Waals surface area contributed by atoms with Crippen LogP contribution in [0.1, 0.15) is 25.1 Å². The second-order valence-corrected chi connectivity index (χ2v) is 5.22. The monoisotopic (exact) mass is 297 g/mol. The molecule has 1 N–H and O–H groups in total. The van der Waals surface area contributed by atoms with Crippen LogP contribution in [0.3, 0.4) is 0 Å². The molecule has 0 aliphatic rings. The zero-order valence-electron chi connectivity index (χ0n) is 12.9. The Balaban J connectivity index is 1.88. The van der Waals surface area contributed by atoms with E-state index in [1.165, 1.54) is 6.08 Å². The summed E-state index contributed by atoms with van der Waals surface area (Å²) in [4.78, 5) is 15.8. The molecule has 116 valence electrons. The number of aromatic nitrogens is 2. The summed E-state index contributed by atoms with van der Waals surface area (Å²) < 4.78 is 2.22. The van der Waals surface area contributed by atoms with Gasteiger partial charge in [0.1, 0.15) is 5.82 Å². The molecule has 1 amide bonds. The van der Waals surface area contributed by atoms with E-state index in [0.717, 1.165) is 49.1 Å². The van der Waals surface area contributed by atoms with Crippen molar-refractivity contribution in [3.63, 3.8) is 0 Å². The number of para-hydroxylation sites is 2. The number of carbonyl (C=O) groups excluding carboxylic acids is 1. The Labute approximate surface area is 131 Å². The largest absolute Gasteiger partial charge is 0.353 e. The van der Waals surface area contributed by atoms with Gasteiger partial charge in [0, 0.05) is 19.5 Å². The van der Waals surface area contributed by atoms with Gasteiger partial charge in [-0.3, -0.25) is 4.79 Å². The van der Waals surface area contributed by atoms with E-state index in [-0.39, 0.29) is 5.91 Å². The van der Waals surface area contributed by atoms with Crippen LogP contribution in [0, 0.1) is 0 Å². The SMILES string of the molecule is C=CCn1c(CCCCCNC(=O)C=C)nc2ccccc21. The van der Waals surface area contributed by atoms with Gasteiger partial charge in [-0.15, -0.1) is 6.58 Å². The maximum absolute atomic E-state index is 11.0. The van der Waals surface area contributed by atoms with E-state index < -0.39 is 0 Å². The molecule has 1 heterocycles. The standard InChI is InChI=1S/C18H23N3O/c1-3-14-21-16-11-8-7-10-15(16)20-17(21)12-6-5-9-13-19-18(22)4-2/h3-4,7-8,10-11H,1-2,5-6,9,12-14H2,(H,19,22). The van der Waals surface area contributed by atoms with Crippen molar-refractivity contribution in [2.45, 2.75) is 32.2 Å². The predicted octanol–water partition coefficient (Wildman–Crippen LogP) is 3.24. The fourth-order valence-corrected chi connectivity index (χ4v) is 2.52. The van der Waals surface area contributed by atoms with E-state index in [2.05, 4.69) is 29.1 Å². The number of fused-ring (bicyclic) bond motifs is 1. The molecule has 0 spiro atoms. The quantitative estimate of drug-likeness (QED) is 0.439. The van der Waals surface area contributed by atoms with Crippen LogP contribution in [0.5, 0.6) is 0 Å². The number of aryl methyl sites for hydroxylation is 1. The molecule has 0 fully saturated rings. The van der Waals surface area contributed by atoms with Crippen LogP contribution in [-0.2, 0) is 17.8 Å². The van der Waals surface area contributed by atoms with E-state index in [1.807, 2.05) is 24.3 Å². The number of benzene rings is 1. The number of allylic oxidation sites excluding steroid dienone is 1. The summed E-state index contributed by atoms with van der Waals surface area (Å²) in [6.45, 7) is 8.75. The molecular formula is C18H23N3O. The van der Waals surface area contributed by atoms with Gasteiger partial charge in [-0.05, 0) is 31.1 Å². The average Bonchev–Trinajstić information content (AvgIpc) is 2.89. The Morgan fingerprint density at radius 3 is 2.82 bits per heavy atom. The average molecular weight is 297 g/mol. The summed E-state index contributed by atoms with van der Waals surface area (Å²) in [6, 6.07) is 8.19. The molecule has 2 rings (SSSR count). The lowest BCUT2D eigenvalue weighted by molar-refractivity contribution is -0.116. The zero-order chi connectivity index (χ0) is 15.8. The number of carbonyl (C=O) groups is 1. The lowest BCUT2D eigenvalue weighted by Crippen LogP contribution is -2.21. The second kappa shape index (κ2) is 8.17. The molecule has 1 aromatic carbocycles. The van der Waals surface area contributed by atoms with Crippen LogP contribution in [-0.4, -0.2) is 22.0 Å². The summed E-state index contributed by atoms with van der Waals surface area (Å²) in [5.74, 6) is 1.00. The molecule has 0 saturated carbocycles. The molecule has 0 unspecified atom stereocenters. The van der Waals surface area contributed by atoms with Gasteiger partial charge in [0.25, 0.3) is 0 Å². The molecule has 0 bridgehead atoms. The van der Waals surface area contributed by atoms with Crippen molar-refractivity contribution in [1.29, 1.82) is 0 Å². The van der Waals surface area contributed by atoms with Gasteiger partial charge >= 0.3 is 0 Å². The Morgan fingerprint density at radius 1 is 1.23 bits per heavy atom. The summed E-state index contributed by atoms with van der Waals surface area (Å²) in [5, 5.41) is 2.79. The minimum Gasteiger partial charge on any atom is -0.353 e. The van der Waals surface area contributed by atoms with Gasteiger partial charge in [-0.2, -0.15) is 0 Å². The Morgan fingerprint density at radius 2 is 2.05 bits per heavy atom. The Kier molecular flexibility index (Phi) is 5.95. The van der Waals surface area contributed by atoms with Crippen molar-refractivity contribution in [3.8, 4) is 0 Å². The zero-order valence-corrected chi connectivity index (χ0v) is 12.9. The summed E-state index contributed by atoms with van der Waals surface area (Å²) in [5.41, 5.74) is 2.20. The number of imidazole rings is 1. The van der Waals surface area contributed by atoms with E-state index >= 15 is 0 Å². The smallest absolute Gasteiger partial charge is 0.243 e. The van der Waals surface area contributed by atoms with E-state index in [1.54, 1.807) is 0 Å². The Bertz CT molecular complexity index is 657. The third-order valence-electron chi connectivity index (χ3n) is 3.61. The molecule has 0 radical (unpaired) electrons. The molecular weight excluding hydrogens is 274 g/mol. The van der Waals surface area contributed by atoms with Gasteiger partial charge in [0.15, 0.2) is 0 Å². The fraction of sp³-hybridized carbons (Fsp3) is 0.333. The number of rotatable bonds is 9. The van der Waals surface area contributed by atoms with E-state index in [4.69, 9.17) is 4.98 Å². The first-order chi connectivity index (χ1) is 10.8. The number of hydrogen-bond donors (Lipinski definition) is 1. The molecule has 1 aromatic heterocycles. The predicted molar refractivity (Wildman–Crippen MR) is 90.7 cm³/mol. The summed E-state index contributed by atoms with van der Waals surface area (Å²) in [6.07, 6.45) is 7.25. The van der Waals surface area contributed by atoms with Crippen LogP contribution in [0.25, 0.3) is 11.0 Å². The first kappa shape index (κ1) is 16.0. The molecule has 4 heteroatoms. The maximum Gasteiger partial charge on any atom is 0.243 e. The normalized spacial score (nSPS) is 10.5. The molecule has 0 aliphatic heterocycles. The van der Waals surface area contributed by atoms with Crippen molar-refractivity contribution in [3.05, 3.63) is 55.4 Å². The highest BCUT2D eigenvalue weighted by Gasteiger charge is 2.08. The van der Waals surface area contributed by atoms with Gasteiger partial charge in [0.2, 0.25) is 5.91 Å². The first-order valence-corrected chi connectivity index (χ1v) is 7.71. The lowest BCUT2D eigenvalue weighted by atomic mass is 10.2. The number of unbranched alkanes of at least 4 members (excludes halogenated alkanes) is 2. The molecule has 4 nitrogen and oxygen atoms in total. The van der Waals surface area contributed by atoms with Crippen LogP contribution >= 0.6 is 0 Å². The molecule has 0 aliphatic carbocycles. The molecule has 22 heavy (non-hydrogen) atoms. The molecule has 0 saturated heterocycles. The number of amides is 1. The first-order valence-electron chi connectivity index (χ1n) is 7.71. The highest BCUT2D eigenvalue weighted by atomic mass is 16.1. The fourth-order valence-electron chi connectivity index (χ4n) is 2.52. The van der Waals surface area contributed by atoms with Gasteiger partial charge in [-0.25, -0.2) is 4.98 Å². The van der Waals surface area contributed by atoms with Crippen molar-refractivity contribution in [2.24, 2.45) is 0 Å². The number of nitrogens with one attached hydrogen (secondary N) is 1. The second-order valence-electron chi connectivity index (χ2n) is 5.22. The maximum atomic E-state index is 11.0. The van der Waals surface area contributed by atoms with Gasteiger partial charge in [-0.1, -0.05) is 31.2 Å². The summed E-state index contributed by atoms with van der Waals surface area (Å²) in [7, 11) is 0. The van der Waals surface area contributed by atoms with E-state index in [9.17, 15) is 4.79 Å². The lowest BCUT2D eigenvalue weighted by Gasteiger charge is -2.06. The Hall–Kier alpha value is -2.36. The van der Waals surface area contributed by atoms with Crippen LogP contribution < -0.4 is 5.32 Å².